The lowest BCUT2D eigenvalue weighted by atomic mass is 9.99. The Morgan fingerprint density at radius 1 is 0.700 bits per heavy atom. The highest BCUT2D eigenvalue weighted by atomic mass is 16.4. The smallest absolute Gasteiger partial charge is 0.326 e. The van der Waals surface area contributed by atoms with Gasteiger partial charge in [0, 0.05) is 0 Å². The number of hydrogen-bond acceptors (Lipinski definition) is 6. The number of hydrogen-bond donors (Lipinski definition) is 6. The molecule has 0 saturated carbocycles. The van der Waals surface area contributed by atoms with Crippen LogP contribution in [0.3, 0.4) is 0 Å². The molecule has 4 atom stereocenters. The van der Waals surface area contributed by atoms with Gasteiger partial charge in [-0.05, 0) is 17.8 Å². The van der Waals surface area contributed by atoms with Crippen molar-refractivity contribution in [1.29, 1.82) is 0 Å². The molecule has 3 amide bonds. The number of rotatable bonds is 12. The number of nitrogens with one attached hydrogen (secondary N) is 3. The molecular weight excluding hydrogens is 396 g/mol. The summed E-state index contributed by atoms with van der Waals surface area (Å²) < 4.78 is 0. The van der Waals surface area contributed by atoms with Crippen molar-refractivity contribution in [3.8, 4) is 0 Å². The van der Waals surface area contributed by atoms with Crippen LogP contribution in [0.4, 0.5) is 0 Å². The highest BCUT2D eigenvalue weighted by Crippen LogP contribution is 2.07. The summed E-state index contributed by atoms with van der Waals surface area (Å²) in [5.74, 6) is -5.93. The number of carboxylic acid groups (broad SMARTS) is 2. The predicted octanol–water partition coefficient (Wildman–Crippen LogP) is -0.705. The van der Waals surface area contributed by atoms with Crippen molar-refractivity contribution in [3.63, 3.8) is 0 Å². The normalized spacial score (nSPS) is 15.3. The molecule has 0 bridgehead atoms. The monoisotopic (exact) mass is 430 g/mol. The molecule has 0 spiro atoms. The molecule has 0 aliphatic heterocycles. The first-order valence-corrected chi connectivity index (χ1v) is 9.80. The Bertz CT molecular complexity index is 649. The lowest BCUT2D eigenvalue weighted by molar-refractivity contribution is -0.144. The molecule has 11 nitrogen and oxygen atoms in total. The summed E-state index contributed by atoms with van der Waals surface area (Å²) in [6.07, 6.45) is -0.758. The average molecular weight is 431 g/mol. The van der Waals surface area contributed by atoms with Gasteiger partial charge in [-0.25, -0.2) is 4.79 Å². The van der Waals surface area contributed by atoms with E-state index in [1.807, 2.05) is 0 Å². The Labute approximate surface area is 176 Å². The van der Waals surface area contributed by atoms with E-state index in [-0.39, 0.29) is 11.8 Å². The van der Waals surface area contributed by atoms with Crippen LogP contribution in [0.15, 0.2) is 0 Å². The van der Waals surface area contributed by atoms with Crippen LogP contribution in [0.5, 0.6) is 0 Å². The maximum absolute atomic E-state index is 12.7. The van der Waals surface area contributed by atoms with Crippen LogP contribution in [0.2, 0.25) is 0 Å². The van der Waals surface area contributed by atoms with Gasteiger partial charge in [0.15, 0.2) is 0 Å². The summed E-state index contributed by atoms with van der Waals surface area (Å²) in [4.78, 5) is 59.9. The zero-order valence-electron chi connectivity index (χ0n) is 18.3. The quantitative estimate of drug-likeness (QED) is 0.234. The lowest BCUT2D eigenvalue weighted by Gasteiger charge is -2.27. The van der Waals surface area contributed by atoms with Crippen molar-refractivity contribution in [2.45, 2.75) is 72.1 Å². The Hall–Kier alpha value is -2.69. The standard InChI is InChI=1S/C19H34N4O7/c1-8(2)13(20)17(27)22-14(9(3)4)18(28)21-11(7-12(24)25)16(26)23-15(10(5)6)19(29)30/h8-11,13-15H,7,20H2,1-6H3,(H,21,28)(H,22,27)(H,23,26)(H,24,25)(H,29,30). The van der Waals surface area contributed by atoms with E-state index < -0.39 is 66.2 Å². The topological polar surface area (TPSA) is 188 Å². The number of carbonyl (C=O) groups is 5. The van der Waals surface area contributed by atoms with Gasteiger partial charge in [0.2, 0.25) is 17.7 Å². The van der Waals surface area contributed by atoms with Crippen LogP contribution in [0, 0.1) is 17.8 Å². The minimum absolute atomic E-state index is 0.171. The maximum Gasteiger partial charge on any atom is 0.326 e. The molecule has 0 aliphatic rings. The van der Waals surface area contributed by atoms with E-state index in [9.17, 15) is 29.1 Å². The first kappa shape index (κ1) is 27.3. The summed E-state index contributed by atoms with van der Waals surface area (Å²) in [6, 6.07) is -4.69. The fourth-order valence-corrected chi connectivity index (χ4v) is 2.50. The molecule has 0 heterocycles. The van der Waals surface area contributed by atoms with Gasteiger partial charge in [-0.3, -0.25) is 19.2 Å². The third-order valence-electron chi connectivity index (χ3n) is 4.51. The van der Waals surface area contributed by atoms with E-state index in [4.69, 9.17) is 10.8 Å². The summed E-state index contributed by atoms with van der Waals surface area (Å²) >= 11 is 0. The molecule has 172 valence electrons. The zero-order valence-corrected chi connectivity index (χ0v) is 18.3. The second-order valence-corrected chi connectivity index (χ2v) is 8.23. The van der Waals surface area contributed by atoms with Gasteiger partial charge < -0.3 is 31.9 Å². The summed E-state index contributed by atoms with van der Waals surface area (Å²) in [7, 11) is 0. The third kappa shape index (κ3) is 8.76. The Morgan fingerprint density at radius 2 is 1.17 bits per heavy atom. The van der Waals surface area contributed by atoms with Crippen molar-refractivity contribution >= 4 is 29.7 Å². The molecule has 0 aliphatic carbocycles. The number of nitrogens with two attached hydrogens (primary N) is 1. The van der Waals surface area contributed by atoms with Gasteiger partial charge in [0.05, 0.1) is 12.5 Å². The Balaban J connectivity index is 5.47. The molecule has 0 radical (unpaired) electrons. The van der Waals surface area contributed by atoms with Gasteiger partial charge >= 0.3 is 11.9 Å². The van der Waals surface area contributed by atoms with Crippen molar-refractivity contribution in [2.24, 2.45) is 23.5 Å². The lowest BCUT2D eigenvalue weighted by Crippen LogP contribution is -2.59. The molecular formula is C19H34N4O7. The first-order valence-electron chi connectivity index (χ1n) is 9.80. The highest BCUT2D eigenvalue weighted by molar-refractivity contribution is 5.95. The molecule has 0 saturated heterocycles. The minimum atomic E-state index is -1.52. The van der Waals surface area contributed by atoms with Crippen molar-refractivity contribution in [1.82, 2.24) is 16.0 Å². The average Bonchev–Trinajstić information content (AvgIpc) is 2.60. The van der Waals surface area contributed by atoms with Crippen LogP contribution in [0.1, 0.15) is 48.0 Å². The fraction of sp³-hybridized carbons (Fsp3) is 0.737. The molecule has 0 fully saturated rings. The molecule has 11 heteroatoms. The van der Waals surface area contributed by atoms with Crippen LogP contribution in [-0.4, -0.2) is 64.0 Å². The maximum atomic E-state index is 12.7. The Kier molecular flexibility index (Phi) is 11.0. The van der Waals surface area contributed by atoms with Crippen molar-refractivity contribution in [3.05, 3.63) is 0 Å². The van der Waals surface area contributed by atoms with E-state index in [0.717, 1.165) is 0 Å². The van der Waals surface area contributed by atoms with Gasteiger partial charge in [-0.15, -0.1) is 0 Å². The third-order valence-corrected chi connectivity index (χ3v) is 4.51. The van der Waals surface area contributed by atoms with Gasteiger partial charge in [0.25, 0.3) is 0 Å². The van der Waals surface area contributed by atoms with E-state index in [1.165, 1.54) is 0 Å². The number of carboxylic acids is 2. The van der Waals surface area contributed by atoms with Crippen molar-refractivity contribution < 1.29 is 34.2 Å². The fourth-order valence-electron chi connectivity index (χ4n) is 2.50. The molecule has 7 N–H and O–H groups in total. The second-order valence-electron chi connectivity index (χ2n) is 8.23. The van der Waals surface area contributed by atoms with Crippen LogP contribution in [-0.2, 0) is 24.0 Å². The molecule has 4 unspecified atom stereocenters. The Morgan fingerprint density at radius 3 is 1.53 bits per heavy atom. The van der Waals surface area contributed by atoms with Gasteiger partial charge in [0.1, 0.15) is 18.1 Å². The van der Waals surface area contributed by atoms with Gasteiger partial charge in [-0.1, -0.05) is 41.5 Å². The van der Waals surface area contributed by atoms with Crippen LogP contribution >= 0.6 is 0 Å². The summed E-state index contributed by atoms with van der Waals surface area (Å²) in [5.41, 5.74) is 5.79. The molecule has 0 rings (SSSR count). The predicted molar refractivity (Wildman–Crippen MR) is 108 cm³/mol. The summed E-state index contributed by atoms with van der Waals surface area (Å²) in [6.45, 7) is 9.97. The molecule has 0 aromatic carbocycles. The van der Waals surface area contributed by atoms with Crippen LogP contribution < -0.4 is 21.7 Å². The summed E-state index contributed by atoms with van der Waals surface area (Å²) in [5, 5.41) is 25.4. The molecule has 0 aromatic heterocycles. The van der Waals surface area contributed by atoms with E-state index >= 15 is 0 Å². The zero-order chi connectivity index (χ0) is 23.8. The SMILES string of the molecule is CC(C)C(N)C(=O)NC(C(=O)NC(CC(=O)O)C(=O)NC(C(=O)O)C(C)C)C(C)C. The number of aliphatic carboxylic acids is 2. The largest absolute Gasteiger partial charge is 0.481 e. The number of amides is 3. The van der Waals surface area contributed by atoms with Crippen molar-refractivity contribution in [2.75, 3.05) is 0 Å². The first-order chi connectivity index (χ1) is 13.7. The van der Waals surface area contributed by atoms with E-state index in [1.54, 1.807) is 41.5 Å². The number of carbonyl (C=O) groups excluding carboxylic acids is 3. The highest BCUT2D eigenvalue weighted by Gasteiger charge is 2.33. The minimum Gasteiger partial charge on any atom is -0.481 e. The van der Waals surface area contributed by atoms with E-state index in [0.29, 0.717) is 0 Å². The second kappa shape index (κ2) is 12.1. The molecule has 30 heavy (non-hydrogen) atoms. The van der Waals surface area contributed by atoms with E-state index in [2.05, 4.69) is 16.0 Å². The molecule has 0 aromatic rings. The van der Waals surface area contributed by atoms with Gasteiger partial charge in [-0.2, -0.15) is 0 Å². The van der Waals surface area contributed by atoms with Crippen LogP contribution in [0.25, 0.3) is 0 Å².